The van der Waals surface area contributed by atoms with Gasteiger partial charge < -0.3 is 20.1 Å². The van der Waals surface area contributed by atoms with Crippen molar-refractivity contribution in [3.05, 3.63) is 35.9 Å². The highest BCUT2D eigenvalue weighted by Crippen LogP contribution is 2.36. The summed E-state index contributed by atoms with van der Waals surface area (Å²) < 4.78 is 5.13. The normalized spacial score (nSPS) is 27.7. The predicted molar refractivity (Wildman–Crippen MR) is 76.0 cm³/mol. The van der Waals surface area contributed by atoms with Gasteiger partial charge in [-0.1, -0.05) is 30.3 Å². The van der Waals surface area contributed by atoms with E-state index >= 15 is 0 Å². The molecule has 1 saturated heterocycles. The number of aliphatic carboxylic acids is 1. The van der Waals surface area contributed by atoms with E-state index in [1.807, 2.05) is 6.07 Å². The van der Waals surface area contributed by atoms with Crippen LogP contribution in [0.4, 0.5) is 4.79 Å². The lowest BCUT2D eigenvalue weighted by Gasteiger charge is -2.29. The molecule has 1 amide bonds. The maximum atomic E-state index is 12.2. The van der Waals surface area contributed by atoms with Gasteiger partial charge in [0.2, 0.25) is 0 Å². The average molecular weight is 309 g/mol. The number of carbonyl (C=O) groups excluding carboxylic acids is 1. The van der Waals surface area contributed by atoms with Crippen LogP contribution in [0.3, 0.4) is 0 Å². The van der Waals surface area contributed by atoms with Crippen LogP contribution in [-0.2, 0) is 16.1 Å². The lowest BCUT2D eigenvalue weighted by atomic mass is 9.92. The van der Waals surface area contributed by atoms with Gasteiger partial charge in [0.25, 0.3) is 0 Å². The molecule has 7 heteroatoms. The number of hydrogen-bond acceptors (Lipinski definition) is 5. The van der Waals surface area contributed by atoms with Crippen molar-refractivity contribution in [2.24, 2.45) is 0 Å². The molecule has 22 heavy (non-hydrogen) atoms. The fourth-order valence-corrected chi connectivity index (χ4v) is 2.62. The van der Waals surface area contributed by atoms with E-state index in [-0.39, 0.29) is 19.6 Å². The van der Waals surface area contributed by atoms with Crippen molar-refractivity contribution < 1.29 is 29.6 Å². The number of amides is 1. The molecule has 2 atom stereocenters. The zero-order chi connectivity index (χ0) is 16.4. The van der Waals surface area contributed by atoms with Crippen molar-refractivity contribution >= 4 is 12.1 Å². The van der Waals surface area contributed by atoms with Crippen LogP contribution in [0.25, 0.3) is 0 Å². The van der Waals surface area contributed by atoms with Gasteiger partial charge in [-0.25, -0.2) is 9.59 Å². The monoisotopic (exact) mass is 309 g/mol. The number of carbonyl (C=O) groups is 2. The van der Waals surface area contributed by atoms with Crippen LogP contribution >= 0.6 is 0 Å². The van der Waals surface area contributed by atoms with E-state index in [2.05, 4.69) is 0 Å². The maximum Gasteiger partial charge on any atom is 0.411 e. The molecule has 1 aromatic rings. The lowest BCUT2D eigenvalue weighted by Crippen LogP contribution is -2.50. The molecule has 1 aromatic carbocycles. The summed E-state index contributed by atoms with van der Waals surface area (Å²) in [6, 6.07) is 8.97. The van der Waals surface area contributed by atoms with E-state index in [0.717, 1.165) is 10.5 Å². The Morgan fingerprint density at radius 2 is 1.95 bits per heavy atom. The Labute approximate surface area is 127 Å². The molecular formula is C15H19NO6. The highest BCUT2D eigenvalue weighted by atomic mass is 16.6. The van der Waals surface area contributed by atoms with Crippen LogP contribution in [0.15, 0.2) is 30.3 Å². The molecule has 1 aliphatic heterocycles. The summed E-state index contributed by atoms with van der Waals surface area (Å²) in [7, 11) is 0. The largest absolute Gasteiger partial charge is 0.480 e. The Hall–Kier alpha value is -2.12. The Morgan fingerprint density at radius 1 is 1.32 bits per heavy atom. The van der Waals surface area contributed by atoms with Gasteiger partial charge in [0.1, 0.15) is 17.7 Å². The zero-order valence-corrected chi connectivity index (χ0v) is 12.2. The van der Waals surface area contributed by atoms with Crippen LogP contribution in [0.1, 0.15) is 18.9 Å². The Bertz CT molecular complexity index is 562. The minimum absolute atomic E-state index is 0.00340. The highest BCUT2D eigenvalue weighted by molar-refractivity contribution is 5.85. The number of carboxylic acid groups (broad SMARTS) is 1. The van der Waals surface area contributed by atoms with Crippen LogP contribution in [0, 0.1) is 0 Å². The van der Waals surface area contributed by atoms with Crippen molar-refractivity contribution in [3.63, 3.8) is 0 Å². The van der Waals surface area contributed by atoms with Crippen molar-refractivity contribution in [2.45, 2.75) is 31.1 Å². The third kappa shape index (κ3) is 3.05. The molecule has 0 aromatic heterocycles. The highest BCUT2D eigenvalue weighted by Gasteiger charge is 2.56. The SMILES string of the molecule is C[C@@]1(C(=O)O)C[C@@](O)(CO)CN1C(=O)OCc1ccccc1. The summed E-state index contributed by atoms with van der Waals surface area (Å²) in [5.74, 6) is -1.26. The molecule has 3 N–H and O–H groups in total. The Balaban J connectivity index is 2.11. The standard InChI is InChI=1S/C15H19NO6/c1-14(12(18)19)8-15(21,10-17)9-16(14)13(20)22-7-11-5-3-2-4-6-11/h2-6,17,21H,7-10H2,1H3,(H,18,19)/t14-,15-/m0/s1. The molecule has 0 spiro atoms. The first-order valence-corrected chi connectivity index (χ1v) is 6.86. The van der Waals surface area contributed by atoms with Crippen molar-refractivity contribution in [3.8, 4) is 0 Å². The van der Waals surface area contributed by atoms with Crippen LogP contribution in [0.5, 0.6) is 0 Å². The number of β-amino-alcohol motifs (C(OH)–C–C–N with tert-alkyl or cyclic N) is 1. The van der Waals surface area contributed by atoms with E-state index in [1.54, 1.807) is 24.3 Å². The molecule has 0 unspecified atom stereocenters. The van der Waals surface area contributed by atoms with Gasteiger partial charge in [0.05, 0.1) is 13.2 Å². The number of aliphatic hydroxyl groups is 2. The molecule has 1 aliphatic rings. The van der Waals surface area contributed by atoms with E-state index in [0.29, 0.717) is 0 Å². The van der Waals surface area contributed by atoms with Gasteiger partial charge in [0.15, 0.2) is 0 Å². The second-order valence-corrected chi connectivity index (χ2v) is 5.76. The number of likely N-dealkylation sites (tertiary alicyclic amines) is 1. The van der Waals surface area contributed by atoms with E-state index in [4.69, 9.17) is 4.74 Å². The molecule has 2 rings (SSSR count). The minimum atomic E-state index is -1.64. The van der Waals surface area contributed by atoms with Crippen molar-refractivity contribution in [1.29, 1.82) is 0 Å². The molecule has 0 bridgehead atoms. The van der Waals surface area contributed by atoms with E-state index in [1.165, 1.54) is 6.92 Å². The number of rotatable bonds is 4. The fourth-order valence-electron chi connectivity index (χ4n) is 2.62. The van der Waals surface area contributed by atoms with Crippen LogP contribution in [-0.4, -0.2) is 56.6 Å². The number of nitrogens with zero attached hydrogens (tertiary/aromatic N) is 1. The first-order valence-electron chi connectivity index (χ1n) is 6.86. The molecule has 0 aliphatic carbocycles. The van der Waals surface area contributed by atoms with Crippen LogP contribution < -0.4 is 0 Å². The summed E-state index contributed by atoms with van der Waals surface area (Å²) in [5, 5.41) is 28.7. The second kappa shape index (κ2) is 5.94. The number of ether oxygens (including phenoxy) is 1. The molecular weight excluding hydrogens is 290 g/mol. The van der Waals surface area contributed by atoms with Gasteiger partial charge in [-0.15, -0.1) is 0 Å². The molecule has 7 nitrogen and oxygen atoms in total. The van der Waals surface area contributed by atoms with Crippen LogP contribution in [0.2, 0.25) is 0 Å². The molecule has 0 radical (unpaired) electrons. The number of hydrogen-bond donors (Lipinski definition) is 3. The number of carboxylic acids is 1. The topological polar surface area (TPSA) is 107 Å². The second-order valence-electron chi connectivity index (χ2n) is 5.76. The predicted octanol–water partition coefficient (Wildman–Crippen LogP) is 0.596. The van der Waals surface area contributed by atoms with Gasteiger partial charge in [-0.3, -0.25) is 4.90 Å². The lowest BCUT2D eigenvalue weighted by molar-refractivity contribution is -0.148. The first kappa shape index (κ1) is 16.3. The Kier molecular flexibility index (Phi) is 4.39. The maximum absolute atomic E-state index is 12.2. The minimum Gasteiger partial charge on any atom is -0.480 e. The van der Waals surface area contributed by atoms with Gasteiger partial charge in [-0.2, -0.15) is 0 Å². The summed E-state index contributed by atoms with van der Waals surface area (Å²) in [6.07, 6.45) is -1.09. The summed E-state index contributed by atoms with van der Waals surface area (Å²) in [5.41, 5.74) is -2.49. The van der Waals surface area contributed by atoms with E-state index < -0.39 is 29.8 Å². The number of benzene rings is 1. The molecule has 1 fully saturated rings. The summed E-state index contributed by atoms with van der Waals surface area (Å²) in [6.45, 7) is 0.411. The zero-order valence-electron chi connectivity index (χ0n) is 12.2. The molecule has 120 valence electrons. The van der Waals surface area contributed by atoms with Gasteiger partial charge in [-0.05, 0) is 12.5 Å². The summed E-state index contributed by atoms with van der Waals surface area (Å²) in [4.78, 5) is 24.6. The molecule has 1 heterocycles. The number of aliphatic hydroxyl groups excluding tert-OH is 1. The van der Waals surface area contributed by atoms with E-state index in [9.17, 15) is 24.9 Å². The quantitative estimate of drug-likeness (QED) is 0.751. The third-order valence-electron chi connectivity index (χ3n) is 3.90. The smallest absolute Gasteiger partial charge is 0.411 e. The van der Waals surface area contributed by atoms with Crippen molar-refractivity contribution in [2.75, 3.05) is 13.2 Å². The van der Waals surface area contributed by atoms with Gasteiger partial charge >= 0.3 is 12.1 Å². The van der Waals surface area contributed by atoms with Gasteiger partial charge in [0, 0.05) is 6.42 Å². The Morgan fingerprint density at radius 3 is 2.50 bits per heavy atom. The first-order chi connectivity index (χ1) is 10.3. The van der Waals surface area contributed by atoms with Crippen molar-refractivity contribution in [1.82, 2.24) is 4.90 Å². The summed E-state index contributed by atoms with van der Waals surface area (Å²) >= 11 is 0. The fraction of sp³-hybridized carbons (Fsp3) is 0.467. The average Bonchev–Trinajstić information content (AvgIpc) is 2.80. The third-order valence-corrected chi connectivity index (χ3v) is 3.90. The molecule has 0 saturated carbocycles.